The highest BCUT2D eigenvalue weighted by Gasteiger charge is 2.32. The second-order valence-electron chi connectivity index (χ2n) is 9.63. The summed E-state index contributed by atoms with van der Waals surface area (Å²) in [6.07, 6.45) is 0. The zero-order valence-electron chi connectivity index (χ0n) is 22.8. The van der Waals surface area contributed by atoms with Crippen LogP contribution in [0.2, 0.25) is 5.02 Å². The second kappa shape index (κ2) is 14.0. The van der Waals surface area contributed by atoms with Crippen LogP contribution in [0, 0.1) is 5.92 Å². The van der Waals surface area contributed by atoms with Gasteiger partial charge in [-0.2, -0.15) is 0 Å². The molecule has 1 N–H and O–H groups in total. The number of anilines is 1. The summed E-state index contributed by atoms with van der Waals surface area (Å²) in [6.45, 7) is 5.62. The number of nitrogens with zero attached hydrogens (tertiary/aromatic N) is 2. The first-order valence-electron chi connectivity index (χ1n) is 12.7. The highest BCUT2D eigenvalue weighted by atomic mass is 79.9. The number of nitrogens with one attached hydrogen (secondary N) is 1. The van der Waals surface area contributed by atoms with Crippen molar-refractivity contribution >= 4 is 55.1 Å². The fraction of sp³-hybridized carbons (Fsp3) is 0.310. The third-order valence-electron chi connectivity index (χ3n) is 6.16. The number of ether oxygens (including phenoxy) is 1. The van der Waals surface area contributed by atoms with E-state index in [1.165, 1.54) is 48.4 Å². The number of methoxy groups -OCH3 is 1. The van der Waals surface area contributed by atoms with Gasteiger partial charge in [0.05, 0.1) is 17.7 Å². The van der Waals surface area contributed by atoms with Crippen LogP contribution in [-0.2, 0) is 26.2 Å². The van der Waals surface area contributed by atoms with Crippen LogP contribution in [0.25, 0.3) is 0 Å². The molecule has 3 aromatic carbocycles. The number of amides is 2. The van der Waals surface area contributed by atoms with Crippen LogP contribution in [-0.4, -0.2) is 51.4 Å². The van der Waals surface area contributed by atoms with Crippen molar-refractivity contribution in [3.63, 3.8) is 0 Å². The van der Waals surface area contributed by atoms with Gasteiger partial charge in [0, 0.05) is 22.6 Å². The standard InChI is InChI=1S/C29H33BrClN3O5S/c1-20(2)17-32-29(36)21(3)33(18-22-5-7-23(30)8-6-22)28(35)19-34(25-11-9-24(31)10-12-25)40(37,38)27-15-13-26(39-4)14-16-27/h5-16,20-21H,17-19H2,1-4H3,(H,32,36). The number of benzene rings is 3. The monoisotopic (exact) mass is 649 g/mol. The van der Waals surface area contributed by atoms with Crippen molar-refractivity contribution in [1.29, 1.82) is 0 Å². The van der Waals surface area contributed by atoms with Gasteiger partial charge in [-0.05, 0) is 79.1 Å². The molecule has 1 atom stereocenters. The fourth-order valence-electron chi connectivity index (χ4n) is 3.83. The molecule has 0 aliphatic rings. The summed E-state index contributed by atoms with van der Waals surface area (Å²) in [5.74, 6) is -0.144. The highest BCUT2D eigenvalue weighted by molar-refractivity contribution is 9.10. The van der Waals surface area contributed by atoms with E-state index in [0.29, 0.717) is 17.3 Å². The number of carbonyl (C=O) groups excluding carboxylic acids is 2. The van der Waals surface area contributed by atoms with Crippen molar-refractivity contribution in [3.8, 4) is 5.75 Å². The van der Waals surface area contributed by atoms with Gasteiger partial charge >= 0.3 is 0 Å². The maximum atomic E-state index is 13.9. The van der Waals surface area contributed by atoms with Crippen LogP contribution >= 0.6 is 27.5 Å². The van der Waals surface area contributed by atoms with E-state index in [0.717, 1.165) is 14.3 Å². The van der Waals surface area contributed by atoms with Crippen LogP contribution in [0.3, 0.4) is 0 Å². The molecule has 214 valence electrons. The van der Waals surface area contributed by atoms with Crippen LogP contribution in [0.15, 0.2) is 82.2 Å². The summed E-state index contributed by atoms with van der Waals surface area (Å²) in [7, 11) is -2.70. The Kier molecular flexibility index (Phi) is 11.0. The molecule has 3 rings (SSSR count). The number of carbonyl (C=O) groups is 2. The Hall–Kier alpha value is -3.08. The lowest BCUT2D eigenvalue weighted by atomic mass is 10.1. The minimum atomic E-state index is -4.19. The lowest BCUT2D eigenvalue weighted by Gasteiger charge is -2.32. The smallest absolute Gasteiger partial charge is 0.264 e. The molecule has 0 heterocycles. The first-order chi connectivity index (χ1) is 18.9. The lowest BCUT2D eigenvalue weighted by Crippen LogP contribution is -2.51. The van der Waals surface area contributed by atoms with Crippen molar-refractivity contribution in [2.75, 3.05) is 24.5 Å². The summed E-state index contributed by atoms with van der Waals surface area (Å²) in [5, 5.41) is 3.29. The Morgan fingerprint density at radius 2 is 1.55 bits per heavy atom. The summed E-state index contributed by atoms with van der Waals surface area (Å²) >= 11 is 9.47. The van der Waals surface area contributed by atoms with E-state index in [9.17, 15) is 18.0 Å². The molecule has 0 saturated heterocycles. The van der Waals surface area contributed by atoms with Crippen molar-refractivity contribution in [3.05, 3.63) is 87.9 Å². The van der Waals surface area contributed by atoms with E-state index in [1.807, 2.05) is 38.1 Å². The van der Waals surface area contributed by atoms with Gasteiger partial charge in [-0.15, -0.1) is 0 Å². The molecule has 1 unspecified atom stereocenters. The minimum absolute atomic E-state index is 0.0155. The summed E-state index contributed by atoms with van der Waals surface area (Å²) in [4.78, 5) is 28.3. The van der Waals surface area contributed by atoms with Gasteiger partial charge in [0.25, 0.3) is 10.0 Å². The van der Waals surface area contributed by atoms with Crippen molar-refractivity contribution in [2.45, 2.75) is 38.3 Å². The van der Waals surface area contributed by atoms with Gasteiger partial charge in [0.15, 0.2) is 0 Å². The summed E-state index contributed by atoms with van der Waals surface area (Å²) in [6, 6.07) is 18.6. The minimum Gasteiger partial charge on any atom is -0.497 e. The summed E-state index contributed by atoms with van der Waals surface area (Å²) < 4.78 is 34.8. The van der Waals surface area contributed by atoms with Crippen molar-refractivity contribution in [2.24, 2.45) is 5.92 Å². The lowest BCUT2D eigenvalue weighted by molar-refractivity contribution is -0.139. The SMILES string of the molecule is COc1ccc(S(=O)(=O)N(CC(=O)N(Cc2ccc(Br)cc2)C(C)C(=O)NCC(C)C)c2ccc(Cl)cc2)cc1. The van der Waals surface area contributed by atoms with Crippen LogP contribution in [0.5, 0.6) is 5.75 Å². The van der Waals surface area contributed by atoms with E-state index in [2.05, 4.69) is 21.2 Å². The molecule has 8 nitrogen and oxygen atoms in total. The average molecular weight is 651 g/mol. The first-order valence-corrected chi connectivity index (χ1v) is 15.3. The van der Waals surface area contributed by atoms with Gasteiger partial charge in [0.1, 0.15) is 18.3 Å². The third-order valence-corrected chi connectivity index (χ3v) is 8.73. The van der Waals surface area contributed by atoms with E-state index in [1.54, 1.807) is 19.1 Å². The molecule has 0 spiro atoms. The molecule has 0 radical (unpaired) electrons. The predicted octanol–water partition coefficient (Wildman–Crippen LogP) is 5.50. The quantitative estimate of drug-likeness (QED) is 0.280. The Morgan fingerprint density at radius 3 is 2.10 bits per heavy atom. The molecule has 3 aromatic rings. The predicted molar refractivity (Wildman–Crippen MR) is 161 cm³/mol. The molecule has 0 saturated carbocycles. The van der Waals surface area contributed by atoms with Crippen molar-refractivity contribution in [1.82, 2.24) is 10.2 Å². The number of halogens is 2. The average Bonchev–Trinajstić information content (AvgIpc) is 2.94. The molecule has 0 aromatic heterocycles. The van der Waals surface area contributed by atoms with Gasteiger partial charge in [-0.25, -0.2) is 8.42 Å². The molecular formula is C29H33BrClN3O5S. The number of hydrogen-bond donors (Lipinski definition) is 1. The Bertz CT molecular complexity index is 1400. The van der Waals surface area contributed by atoms with E-state index in [4.69, 9.17) is 16.3 Å². The summed E-state index contributed by atoms with van der Waals surface area (Å²) in [5.41, 5.74) is 1.05. The Morgan fingerprint density at radius 1 is 0.950 bits per heavy atom. The van der Waals surface area contributed by atoms with Crippen LogP contribution in [0.4, 0.5) is 5.69 Å². The van der Waals surface area contributed by atoms with Crippen molar-refractivity contribution < 1.29 is 22.7 Å². The van der Waals surface area contributed by atoms with E-state index < -0.39 is 28.5 Å². The second-order valence-corrected chi connectivity index (χ2v) is 12.8. The Labute approximate surface area is 249 Å². The van der Waals surface area contributed by atoms with E-state index in [-0.39, 0.29) is 29.0 Å². The zero-order valence-corrected chi connectivity index (χ0v) is 26.0. The highest BCUT2D eigenvalue weighted by Crippen LogP contribution is 2.27. The molecule has 0 fully saturated rings. The molecule has 0 aliphatic heterocycles. The number of hydrogen-bond acceptors (Lipinski definition) is 5. The van der Waals surface area contributed by atoms with Gasteiger partial charge in [-0.3, -0.25) is 13.9 Å². The van der Waals surface area contributed by atoms with Gasteiger partial charge in [-0.1, -0.05) is 53.5 Å². The fourth-order valence-corrected chi connectivity index (χ4v) is 5.64. The number of rotatable bonds is 12. The maximum absolute atomic E-state index is 13.9. The third kappa shape index (κ3) is 8.22. The van der Waals surface area contributed by atoms with E-state index >= 15 is 0 Å². The van der Waals surface area contributed by atoms with Gasteiger partial charge in [0.2, 0.25) is 11.8 Å². The van der Waals surface area contributed by atoms with Crippen LogP contribution in [0.1, 0.15) is 26.3 Å². The Balaban J connectivity index is 2.00. The molecule has 2 amide bonds. The molecule has 0 aliphatic carbocycles. The molecule has 0 bridgehead atoms. The first kappa shape index (κ1) is 31.4. The molecule has 40 heavy (non-hydrogen) atoms. The maximum Gasteiger partial charge on any atom is 0.264 e. The zero-order chi connectivity index (χ0) is 29.4. The van der Waals surface area contributed by atoms with Crippen LogP contribution < -0.4 is 14.4 Å². The largest absolute Gasteiger partial charge is 0.497 e. The normalized spacial score (nSPS) is 12.1. The topological polar surface area (TPSA) is 96.0 Å². The number of sulfonamides is 1. The van der Waals surface area contributed by atoms with Gasteiger partial charge < -0.3 is 15.0 Å². The molecular weight excluding hydrogens is 618 g/mol. The molecule has 11 heteroatoms.